The minimum Gasteiger partial charge on any atom is -0.349 e. The molecule has 0 radical (unpaired) electrons. The van der Waals surface area contributed by atoms with E-state index in [0.29, 0.717) is 17.4 Å². The molecule has 0 bridgehead atoms. The number of nitrogens with zero attached hydrogens (tertiary/aromatic N) is 2. The standard InChI is InChI=1S/C12H20ClN5O/c1-3-18(4-2)8-7-15-12(19)11-9(13)5-6-10(16-11)17-14/h5-6H,3-4,7-8,14H2,1-2H3,(H,15,19)(H,16,17). The second-order valence-electron chi connectivity index (χ2n) is 3.95. The molecule has 0 aliphatic carbocycles. The van der Waals surface area contributed by atoms with Crippen LogP contribution in [0.15, 0.2) is 12.1 Å². The zero-order valence-electron chi connectivity index (χ0n) is 11.2. The first kappa shape index (κ1) is 15.7. The van der Waals surface area contributed by atoms with Gasteiger partial charge >= 0.3 is 0 Å². The first-order chi connectivity index (χ1) is 9.12. The van der Waals surface area contributed by atoms with E-state index < -0.39 is 0 Å². The van der Waals surface area contributed by atoms with E-state index in [4.69, 9.17) is 17.4 Å². The second kappa shape index (κ2) is 7.93. The number of pyridine rings is 1. The van der Waals surface area contributed by atoms with E-state index in [1.54, 1.807) is 12.1 Å². The number of rotatable bonds is 7. The fourth-order valence-electron chi connectivity index (χ4n) is 1.63. The van der Waals surface area contributed by atoms with Crippen molar-refractivity contribution in [2.45, 2.75) is 13.8 Å². The molecule has 1 heterocycles. The molecule has 0 aromatic carbocycles. The lowest BCUT2D eigenvalue weighted by Crippen LogP contribution is -2.35. The predicted octanol–water partition coefficient (Wildman–Crippen LogP) is 1.09. The Hall–Kier alpha value is -1.37. The molecule has 19 heavy (non-hydrogen) atoms. The Balaban J connectivity index is 2.58. The lowest BCUT2D eigenvalue weighted by atomic mass is 10.3. The summed E-state index contributed by atoms with van der Waals surface area (Å²) in [6, 6.07) is 3.19. The van der Waals surface area contributed by atoms with Crippen LogP contribution in [0, 0.1) is 0 Å². The number of amides is 1. The summed E-state index contributed by atoms with van der Waals surface area (Å²) in [5.41, 5.74) is 2.56. The Kier molecular flexibility index (Phi) is 6.55. The van der Waals surface area contributed by atoms with E-state index in [2.05, 4.69) is 34.5 Å². The molecule has 0 aliphatic rings. The number of halogens is 1. The number of nitrogens with two attached hydrogens (primary N) is 1. The number of carbonyl (C=O) groups excluding carboxylic acids is 1. The molecule has 0 unspecified atom stereocenters. The normalized spacial score (nSPS) is 10.6. The molecule has 0 spiro atoms. The minimum atomic E-state index is -0.297. The Morgan fingerprint density at radius 2 is 2.11 bits per heavy atom. The number of carbonyl (C=O) groups is 1. The highest BCUT2D eigenvalue weighted by Crippen LogP contribution is 2.15. The van der Waals surface area contributed by atoms with Gasteiger partial charge in [-0.15, -0.1) is 0 Å². The number of anilines is 1. The van der Waals surface area contributed by atoms with Crippen LogP contribution in [0.5, 0.6) is 0 Å². The monoisotopic (exact) mass is 285 g/mol. The van der Waals surface area contributed by atoms with Crippen LogP contribution in [0.1, 0.15) is 24.3 Å². The Morgan fingerprint density at radius 1 is 1.42 bits per heavy atom. The second-order valence-corrected chi connectivity index (χ2v) is 4.36. The number of nitrogen functional groups attached to an aromatic ring is 1. The summed E-state index contributed by atoms with van der Waals surface area (Å²) in [5.74, 6) is 5.36. The molecular weight excluding hydrogens is 266 g/mol. The minimum absolute atomic E-state index is 0.177. The topological polar surface area (TPSA) is 83.3 Å². The van der Waals surface area contributed by atoms with Gasteiger partial charge < -0.3 is 15.6 Å². The summed E-state index contributed by atoms with van der Waals surface area (Å²) in [6.45, 7) is 7.43. The average Bonchev–Trinajstić information content (AvgIpc) is 2.44. The van der Waals surface area contributed by atoms with Gasteiger partial charge in [-0.2, -0.15) is 0 Å². The van der Waals surface area contributed by atoms with Crippen LogP contribution in [-0.2, 0) is 0 Å². The lowest BCUT2D eigenvalue weighted by Gasteiger charge is -2.18. The average molecular weight is 286 g/mol. The Morgan fingerprint density at radius 3 is 2.68 bits per heavy atom. The van der Waals surface area contributed by atoms with Gasteiger partial charge in [0, 0.05) is 13.1 Å². The number of hydrazine groups is 1. The van der Waals surface area contributed by atoms with E-state index in [-0.39, 0.29) is 11.6 Å². The van der Waals surface area contributed by atoms with E-state index in [9.17, 15) is 4.79 Å². The summed E-state index contributed by atoms with van der Waals surface area (Å²) in [4.78, 5) is 18.2. The quantitative estimate of drug-likeness (QED) is 0.516. The first-order valence-electron chi connectivity index (χ1n) is 6.26. The number of likely N-dealkylation sites (N-methyl/N-ethyl adjacent to an activating group) is 1. The molecule has 106 valence electrons. The summed E-state index contributed by atoms with van der Waals surface area (Å²) in [5, 5.41) is 3.10. The number of hydrogen-bond acceptors (Lipinski definition) is 5. The fraction of sp³-hybridized carbons (Fsp3) is 0.500. The molecule has 1 amide bonds. The molecule has 1 aromatic rings. The predicted molar refractivity (Wildman–Crippen MR) is 77.2 cm³/mol. The van der Waals surface area contributed by atoms with Gasteiger partial charge in [0.05, 0.1) is 5.02 Å². The molecule has 1 aromatic heterocycles. The van der Waals surface area contributed by atoms with Gasteiger partial charge in [-0.3, -0.25) is 4.79 Å². The molecule has 6 nitrogen and oxygen atoms in total. The third-order valence-corrected chi connectivity index (χ3v) is 3.12. The van der Waals surface area contributed by atoms with E-state index >= 15 is 0 Å². The van der Waals surface area contributed by atoms with Gasteiger partial charge in [0.2, 0.25) is 0 Å². The van der Waals surface area contributed by atoms with Crippen molar-refractivity contribution in [3.63, 3.8) is 0 Å². The van der Waals surface area contributed by atoms with Crippen molar-refractivity contribution in [3.05, 3.63) is 22.8 Å². The van der Waals surface area contributed by atoms with Crippen molar-refractivity contribution in [1.82, 2.24) is 15.2 Å². The maximum Gasteiger partial charge on any atom is 0.271 e. The van der Waals surface area contributed by atoms with E-state index in [0.717, 1.165) is 19.6 Å². The first-order valence-corrected chi connectivity index (χ1v) is 6.63. The molecule has 1 rings (SSSR count). The van der Waals surface area contributed by atoms with E-state index in [1.165, 1.54) is 0 Å². The largest absolute Gasteiger partial charge is 0.349 e. The highest BCUT2D eigenvalue weighted by Gasteiger charge is 2.12. The zero-order chi connectivity index (χ0) is 14.3. The molecular formula is C12H20ClN5O. The SMILES string of the molecule is CCN(CC)CCNC(=O)c1nc(NN)ccc1Cl. The number of hydrogen-bond donors (Lipinski definition) is 3. The van der Waals surface area contributed by atoms with Crippen molar-refractivity contribution < 1.29 is 4.79 Å². The fourth-order valence-corrected chi connectivity index (χ4v) is 1.82. The highest BCUT2D eigenvalue weighted by molar-refractivity contribution is 6.33. The van der Waals surface area contributed by atoms with Gasteiger partial charge in [-0.1, -0.05) is 25.4 Å². The van der Waals surface area contributed by atoms with Gasteiger partial charge in [0.1, 0.15) is 11.5 Å². The summed E-state index contributed by atoms with van der Waals surface area (Å²) >= 11 is 5.94. The molecule has 0 saturated heterocycles. The maximum absolute atomic E-state index is 11.9. The summed E-state index contributed by atoms with van der Waals surface area (Å²) in [6.07, 6.45) is 0. The highest BCUT2D eigenvalue weighted by atomic mass is 35.5. The molecule has 0 aliphatic heterocycles. The number of aromatic nitrogens is 1. The molecule has 4 N–H and O–H groups in total. The van der Waals surface area contributed by atoms with Crippen molar-refractivity contribution in [1.29, 1.82) is 0 Å². The van der Waals surface area contributed by atoms with Gasteiger partial charge in [0.25, 0.3) is 5.91 Å². The smallest absolute Gasteiger partial charge is 0.271 e. The van der Waals surface area contributed by atoms with Gasteiger partial charge in [-0.05, 0) is 25.2 Å². The van der Waals surface area contributed by atoms with Crippen LogP contribution in [-0.4, -0.2) is 42.0 Å². The Bertz CT molecular complexity index is 423. The molecule has 0 saturated carbocycles. The third-order valence-electron chi connectivity index (χ3n) is 2.82. The van der Waals surface area contributed by atoms with Crippen LogP contribution < -0.4 is 16.6 Å². The molecule has 7 heteroatoms. The van der Waals surface area contributed by atoms with Crippen LogP contribution in [0.3, 0.4) is 0 Å². The maximum atomic E-state index is 11.9. The van der Waals surface area contributed by atoms with Crippen molar-refractivity contribution in [2.75, 3.05) is 31.6 Å². The zero-order valence-corrected chi connectivity index (χ0v) is 12.0. The third kappa shape index (κ3) is 4.66. The van der Waals surface area contributed by atoms with Crippen LogP contribution in [0.2, 0.25) is 5.02 Å². The van der Waals surface area contributed by atoms with E-state index in [1.807, 2.05) is 0 Å². The van der Waals surface area contributed by atoms with Crippen molar-refractivity contribution >= 4 is 23.3 Å². The van der Waals surface area contributed by atoms with Gasteiger partial charge in [-0.25, -0.2) is 10.8 Å². The van der Waals surface area contributed by atoms with Crippen LogP contribution >= 0.6 is 11.6 Å². The Labute approximate surface area is 118 Å². The number of nitrogens with one attached hydrogen (secondary N) is 2. The van der Waals surface area contributed by atoms with Crippen LogP contribution in [0.25, 0.3) is 0 Å². The molecule has 0 atom stereocenters. The summed E-state index contributed by atoms with van der Waals surface area (Å²) < 4.78 is 0. The molecule has 0 fully saturated rings. The van der Waals surface area contributed by atoms with Crippen molar-refractivity contribution in [3.8, 4) is 0 Å². The lowest BCUT2D eigenvalue weighted by molar-refractivity contribution is 0.0944. The summed E-state index contributed by atoms with van der Waals surface area (Å²) in [7, 11) is 0. The van der Waals surface area contributed by atoms with Crippen molar-refractivity contribution in [2.24, 2.45) is 5.84 Å². The van der Waals surface area contributed by atoms with Crippen LogP contribution in [0.4, 0.5) is 5.82 Å². The van der Waals surface area contributed by atoms with Gasteiger partial charge in [0.15, 0.2) is 0 Å².